The van der Waals surface area contributed by atoms with E-state index >= 15 is 0 Å². The van der Waals surface area contributed by atoms with Crippen molar-refractivity contribution in [2.24, 2.45) is 11.8 Å². The standard InChI is InChI=1S/C40H71NO2/c1-5-7-9-11-13-15-17-18-19-20-21-22-24-26-28-30-32-40(31-29-27-25-23-16-14-12-10-8-6-2)42-38-35-33-36(39(38)43-40)37(34-35)41(3)4/h13,15,18-19,23,25,35-39H,5-12,14,16-17,20-22,24,26-34H2,1-4H3/b15-13-,19-18-,25-23-/t35-,36+,37-,38-,39+,40?/m1/s1. The largest absolute Gasteiger partial charge is 0.344 e. The summed E-state index contributed by atoms with van der Waals surface area (Å²) in [4.78, 5) is 2.44. The average Bonchev–Trinajstić information content (AvgIpc) is 3.69. The summed E-state index contributed by atoms with van der Waals surface area (Å²) in [6.07, 6.45) is 45.7. The van der Waals surface area contributed by atoms with Crippen LogP contribution in [-0.2, 0) is 9.47 Å². The number of fused-ring (bicyclic) bond motifs is 5. The van der Waals surface area contributed by atoms with Gasteiger partial charge in [0.15, 0.2) is 5.79 Å². The molecule has 2 saturated carbocycles. The number of nitrogens with zero attached hydrogens (tertiary/aromatic N) is 1. The van der Waals surface area contributed by atoms with Crippen molar-refractivity contribution in [1.29, 1.82) is 0 Å². The number of hydrogen-bond acceptors (Lipinski definition) is 3. The van der Waals surface area contributed by atoms with E-state index in [0.29, 0.717) is 30.1 Å². The second kappa shape index (κ2) is 21.8. The summed E-state index contributed by atoms with van der Waals surface area (Å²) in [5.41, 5.74) is 0. The number of allylic oxidation sites excluding steroid dienone is 6. The molecule has 3 nitrogen and oxygen atoms in total. The van der Waals surface area contributed by atoms with E-state index in [0.717, 1.165) is 25.7 Å². The topological polar surface area (TPSA) is 21.7 Å². The maximum absolute atomic E-state index is 7.01. The average molecular weight is 598 g/mol. The van der Waals surface area contributed by atoms with Crippen LogP contribution < -0.4 is 0 Å². The molecule has 3 fully saturated rings. The summed E-state index contributed by atoms with van der Waals surface area (Å²) in [6, 6.07) is 0.674. The predicted octanol–water partition coefficient (Wildman–Crippen LogP) is 11.7. The minimum atomic E-state index is -0.323. The van der Waals surface area contributed by atoms with E-state index < -0.39 is 0 Å². The molecule has 0 aromatic carbocycles. The zero-order valence-corrected chi connectivity index (χ0v) is 29.1. The highest BCUT2D eigenvalue weighted by Crippen LogP contribution is 2.55. The first-order valence-corrected chi connectivity index (χ1v) is 19.1. The van der Waals surface area contributed by atoms with E-state index in [1.807, 2.05) is 0 Å². The lowest BCUT2D eigenvalue weighted by atomic mass is 9.90. The third-order valence-corrected chi connectivity index (χ3v) is 10.5. The molecule has 248 valence electrons. The molecule has 3 rings (SSSR count). The molecule has 0 N–H and O–H groups in total. The van der Waals surface area contributed by atoms with Crippen LogP contribution in [0.4, 0.5) is 0 Å². The summed E-state index contributed by atoms with van der Waals surface area (Å²) < 4.78 is 14.0. The molecule has 1 unspecified atom stereocenters. The van der Waals surface area contributed by atoms with Crippen molar-refractivity contribution in [1.82, 2.24) is 4.90 Å². The van der Waals surface area contributed by atoms with Crippen LogP contribution in [0.15, 0.2) is 36.5 Å². The SMILES string of the molecule is CCCCC/C=C\C/C=C\CCCCCCCCC1(CCC/C=C\CCCCCCC)O[C@@H]2[C@@H]3C[C@H]([C@@H]2O1)[C@H](N(C)C)C3. The second-order valence-corrected chi connectivity index (χ2v) is 14.4. The molecule has 3 aliphatic rings. The van der Waals surface area contributed by atoms with Gasteiger partial charge in [0.2, 0.25) is 0 Å². The van der Waals surface area contributed by atoms with Crippen LogP contribution in [0.5, 0.6) is 0 Å². The number of hydrogen-bond donors (Lipinski definition) is 0. The van der Waals surface area contributed by atoms with Crippen molar-refractivity contribution in [3.05, 3.63) is 36.5 Å². The lowest BCUT2D eigenvalue weighted by molar-refractivity contribution is -0.196. The molecule has 1 saturated heterocycles. The van der Waals surface area contributed by atoms with Gasteiger partial charge in [0.05, 0.1) is 12.2 Å². The zero-order chi connectivity index (χ0) is 30.6. The molecule has 3 heteroatoms. The predicted molar refractivity (Wildman–Crippen MR) is 187 cm³/mol. The van der Waals surface area contributed by atoms with Gasteiger partial charge in [-0.1, -0.05) is 115 Å². The second-order valence-electron chi connectivity index (χ2n) is 14.4. The van der Waals surface area contributed by atoms with Gasteiger partial charge in [0, 0.05) is 24.8 Å². The van der Waals surface area contributed by atoms with Gasteiger partial charge in [0.1, 0.15) is 0 Å². The van der Waals surface area contributed by atoms with E-state index in [2.05, 4.69) is 69.3 Å². The van der Waals surface area contributed by atoms with Gasteiger partial charge in [-0.05, 0) is 97.1 Å². The Bertz CT molecular complexity index is 787. The lowest BCUT2D eigenvalue weighted by Crippen LogP contribution is -2.43. The molecule has 1 heterocycles. The van der Waals surface area contributed by atoms with Crippen LogP contribution in [0.25, 0.3) is 0 Å². The third kappa shape index (κ3) is 13.2. The molecular formula is C40H71NO2. The van der Waals surface area contributed by atoms with Crippen molar-refractivity contribution in [3.8, 4) is 0 Å². The van der Waals surface area contributed by atoms with E-state index in [1.165, 1.54) is 128 Å². The maximum atomic E-state index is 7.01. The quantitative estimate of drug-likeness (QED) is 0.0731. The molecule has 0 radical (unpaired) electrons. The van der Waals surface area contributed by atoms with Crippen LogP contribution >= 0.6 is 0 Å². The maximum Gasteiger partial charge on any atom is 0.169 e. The van der Waals surface area contributed by atoms with E-state index in [1.54, 1.807) is 0 Å². The Kier molecular flexibility index (Phi) is 18.5. The van der Waals surface area contributed by atoms with E-state index in [9.17, 15) is 0 Å². The Morgan fingerprint density at radius 3 is 1.70 bits per heavy atom. The minimum absolute atomic E-state index is 0.323. The Balaban J connectivity index is 1.32. The smallest absolute Gasteiger partial charge is 0.169 e. The van der Waals surface area contributed by atoms with Gasteiger partial charge >= 0.3 is 0 Å². The van der Waals surface area contributed by atoms with Gasteiger partial charge in [-0.25, -0.2) is 0 Å². The summed E-state index contributed by atoms with van der Waals surface area (Å²) >= 11 is 0. The van der Waals surface area contributed by atoms with Crippen LogP contribution in [0.2, 0.25) is 0 Å². The first-order valence-electron chi connectivity index (χ1n) is 19.1. The number of rotatable bonds is 26. The van der Waals surface area contributed by atoms with Gasteiger partial charge < -0.3 is 14.4 Å². The molecular weight excluding hydrogens is 526 g/mol. The highest BCUT2D eigenvalue weighted by atomic mass is 16.8. The fourth-order valence-electron chi connectivity index (χ4n) is 7.99. The highest BCUT2D eigenvalue weighted by Gasteiger charge is 2.62. The van der Waals surface area contributed by atoms with Crippen LogP contribution in [0, 0.1) is 11.8 Å². The molecule has 2 aliphatic carbocycles. The van der Waals surface area contributed by atoms with Crippen LogP contribution in [0.1, 0.15) is 168 Å². The third-order valence-electron chi connectivity index (χ3n) is 10.5. The Morgan fingerprint density at radius 2 is 1.05 bits per heavy atom. The number of ether oxygens (including phenoxy) is 2. The molecule has 0 aromatic rings. The van der Waals surface area contributed by atoms with Gasteiger partial charge in [-0.2, -0.15) is 0 Å². The van der Waals surface area contributed by atoms with Crippen molar-refractivity contribution < 1.29 is 9.47 Å². The molecule has 43 heavy (non-hydrogen) atoms. The fraction of sp³-hybridized carbons (Fsp3) is 0.850. The Hall–Kier alpha value is -0.900. The van der Waals surface area contributed by atoms with Crippen LogP contribution in [0.3, 0.4) is 0 Å². The first kappa shape index (κ1) is 36.6. The molecule has 0 spiro atoms. The minimum Gasteiger partial charge on any atom is -0.344 e. The Morgan fingerprint density at radius 1 is 0.558 bits per heavy atom. The number of unbranched alkanes of at least 4 members (excludes halogenated alkanes) is 15. The molecule has 1 aliphatic heterocycles. The Labute approximate surface area is 268 Å². The van der Waals surface area contributed by atoms with Crippen molar-refractivity contribution in [3.63, 3.8) is 0 Å². The highest BCUT2D eigenvalue weighted by molar-refractivity contribution is 5.09. The van der Waals surface area contributed by atoms with Crippen molar-refractivity contribution in [2.45, 2.75) is 192 Å². The monoisotopic (exact) mass is 598 g/mol. The van der Waals surface area contributed by atoms with Gasteiger partial charge in [-0.15, -0.1) is 0 Å². The summed E-state index contributed by atoms with van der Waals surface area (Å²) in [7, 11) is 4.51. The first-order chi connectivity index (χ1) is 21.1. The van der Waals surface area contributed by atoms with Crippen molar-refractivity contribution >= 4 is 0 Å². The van der Waals surface area contributed by atoms with Crippen LogP contribution in [-0.4, -0.2) is 43.0 Å². The summed E-state index contributed by atoms with van der Waals surface area (Å²) in [6.45, 7) is 4.56. The van der Waals surface area contributed by atoms with Gasteiger partial charge in [-0.3, -0.25) is 0 Å². The molecule has 0 amide bonds. The zero-order valence-electron chi connectivity index (χ0n) is 29.1. The molecule has 0 aromatic heterocycles. The lowest BCUT2D eigenvalue weighted by Gasteiger charge is -2.33. The van der Waals surface area contributed by atoms with Crippen molar-refractivity contribution in [2.75, 3.05) is 14.1 Å². The van der Waals surface area contributed by atoms with Gasteiger partial charge in [0.25, 0.3) is 0 Å². The van der Waals surface area contributed by atoms with E-state index in [-0.39, 0.29) is 5.79 Å². The summed E-state index contributed by atoms with van der Waals surface area (Å²) in [5, 5.41) is 0. The normalized spacial score (nSPS) is 28.5. The van der Waals surface area contributed by atoms with E-state index in [4.69, 9.17) is 9.47 Å². The molecule has 2 bridgehead atoms. The molecule has 6 atom stereocenters. The fourth-order valence-corrected chi connectivity index (χ4v) is 7.99. The summed E-state index contributed by atoms with van der Waals surface area (Å²) in [5.74, 6) is 1.04.